The van der Waals surface area contributed by atoms with Gasteiger partial charge in [0.1, 0.15) is 18.1 Å². The van der Waals surface area contributed by atoms with Gasteiger partial charge in [0.05, 0.1) is 6.04 Å². The lowest BCUT2D eigenvalue weighted by Crippen LogP contribution is -2.57. The molecule has 0 aromatic heterocycles. The first-order valence-electron chi connectivity index (χ1n) is 9.58. The maximum Gasteiger partial charge on any atom is 0.327 e. The second-order valence-electron chi connectivity index (χ2n) is 6.72. The first kappa shape index (κ1) is 28.8. The number of hydrogen-bond donors (Lipinski definition) is 8. The second-order valence-corrected chi connectivity index (χ2v) is 8.07. The quantitative estimate of drug-likeness (QED) is 0.0543. The molecule has 0 bridgehead atoms. The van der Waals surface area contributed by atoms with E-state index in [-0.39, 0.29) is 31.1 Å². The highest BCUT2D eigenvalue weighted by Crippen LogP contribution is 2.05. The van der Waals surface area contributed by atoms with Crippen molar-refractivity contribution < 1.29 is 24.3 Å². The Bertz CT molecular complexity index is 644. The molecule has 0 saturated carbocycles. The van der Waals surface area contributed by atoms with Gasteiger partial charge in [0.25, 0.3) is 0 Å². The third kappa shape index (κ3) is 12.3. The van der Waals surface area contributed by atoms with Crippen LogP contribution in [-0.2, 0) is 19.2 Å². The summed E-state index contributed by atoms with van der Waals surface area (Å²) in [7, 11) is 0. The summed E-state index contributed by atoms with van der Waals surface area (Å²) in [5.41, 5.74) is 16.1. The Morgan fingerprint density at radius 2 is 1.52 bits per heavy atom. The smallest absolute Gasteiger partial charge is 0.327 e. The zero-order valence-corrected chi connectivity index (χ0v) is 19.4. The van der Waals surface area contributed by atoms with E-state index in [4.69, 9.17) is 22.3 Å². The summed E-state index contributed by atoms with van der Waals surface area (Å²) in [5.74, 6) is -2.68. The molecule has 0 aromatic carbocycles. The van der Waals surface area contributed by atoms with E-state index < -0.39 is 47.9 Å². The lowest BCUT2D eigenvalue weighted by Gasteiger charge is -2.24. The molecule has 0 aliphatic carbocycles. The van der Waals surface area contributed by atoms with Gasteiger partial charge in [-0.2, -0.15) is 24.4 Å². The molecule has 12 nitrogen and oxygen atoms in total. The molecular formula is C17H33N7O5S2. The van der Waals surface area contributed by atoms with Gasteiger partial charge in [0.15, 0.2) is 5.96 Å². The van der Waals surface area contributed by atoms with Crippen LogP contribution in [0.5, 0.6) is 0 Å². The van der Waals surface area contributed by atoms with Crippen LogP contribution >= 0.6 is 24.4 Å². The van der Waals surface area contributed by atoms with Crippen LogP contribution in [0.4, 0.5) is 0 Å². The SMILES string of the molecule is CSCCC(NC(=O)C(CCCN=C(N)N)NC(=O)C(C)N)C(=O)NC(CS)C(=O)O. The molecule has 0 fully saturated rings. The van der Waals surface area contributed by atoms with E-state index in [1.165, 1.54) is 18.7 Å². The highest BCUT2D eigenvalue weighted by molar-refractivity contribution is 7.98. The largest absolute Gasteiger partial charge is 0.480 e. The van der Waals surface area contributed by atoms with Gasteiger partial charge in [-0.25, -0.2) is 4.79 Å². The topological polar surface area (TPSA) is 215 Å². The van der Waals surface area contributed by atoms with E-state index in [9.17, 15) is 19.2 Å². The zero-order valence-electron chi connectivity index (χ0n) is 17.7. The fourth-order valence-corrected chi connectivity index (χ4v) is 3.03. The van der Waals surface area contributed by atoms with Crippen molar-refractivity contribution in [2.75, 3.05) is 24.3 Å². The van der Waals surface area contributed by atoms with Gasteiger partial charge in [-0.05, 0) is 38.2 Å². The summed E-state index contributed by atoms with van der Waals surface area (Å²) < 4.78 is 0. The van der Waals surface area contributed by atoms with Crippen LogP contribution in [0, 0.1) is 0 Å². The van der Waals surface area contributed by atoms with Gasteiger partial charge in [0, 0.05) is 12.3 Å². The summed E-state index contributed by atoms with van der Waals surface area (Å²) in [4.78, 5) is 52.4. The number of thioether (sulfide) groups is 1. The van der Waals surface area contributed by atoms with Gasteiger partial charge in [-0.15, -0.1) is 0 Å². The molecule has 4 atom stereocenters. The molecule has 178 valence electrons. The van der Waals surface area contributed by atoms with Crippen molar-refractivity contribution in [1.82, 2.24) is 16.0 Å². The molecule has 0 aromatic rings. The summed E-state index contributed by atoms with van der Waals surface area (Å²) in [6.07, 6.45) is 2.68. The molecule has 0 aliphatic heterocycles. The van der Waals surface area contributed by atoms with Crippen LogP contribution in [0.3, 0.4) is 0 Å². The number of nitrogens with one attached hydrogen (secondary N) is 3. The number of carboxylic acids is 1. The molecule has 0 spiro atoms. The Labute approximate surface area is 191 Å². The molecule has 0 heterocycles. The van der Waals surface area contributed by atoms with Crippen molar-refractivity contribution in [1.29, 1.82) is 0 Å². The van der Waals surface area contributed by atoms with Crippen LogP contribution in [-0.4, -0.2) is 83.2 Å². The maximum atomic E-state index is 12.8. The van der Waals surface area contributed by atoms with Gasteiger partial charge in [0.2, 0.25) is 17.7 Å². The third-order valence-electron chi connectivity index (χ3n) is 4.03. The number of thiol groups is 1. The van der Waals surface area contributed by atoms with Gasteiger partial charge in [-0.3, -0.25) is 19.4 Å². The number of nitrogens with two attached hydrogens (primary N) is 3. The lowest BCUT2D eigenvalue weighted by atomic mass is 10.1. The molecule has 3 amide bonds. The number of amides is 3. The number of hydrogen-bond acceptors (Lipinski definition) is 8. The van der Waals surface area contributed by atoms with E-state index in [1.807, 2.05) is 6.26 Å². The van der Waals surface area contributed by atoms with Crippen LogP contribution < -0.4 is 33.2 Å². The van der Waals surface area contributed by atoms with Gasteiger partial charge < -0.3 is 38.3 Å². The van der Waals surface area contributed by atoms with Crippen molar-refractivity contribution in [3.63, 3.8) is 0 Å². The fraction of sp³-hybridized carbons (Fsp3) is 0.706. The van der Waals surface area contributed by atoms with E-state index in [0.717, 1.165) is 0 Å². The summed E-state index contributed by atoms with van der Waals surface area (Å²) in [6.45, 7) is 1.72. The van der Waals surface area contributed by atoms with Crippen LogP contribution in [0.25, 0.3) is 0 Å². The van der Waals surface area contributed by atoms with Crippen molar-refractivity contribution in [3.05, 3.63) is 0 Å². The van der Waals surface area contributed by atoms with Gasteiger partial charge >= 0.3 is 5.97 Å². The predicted octanol–water partition coefficient (Wildman–Crippen LogP) is -2.39. The number of guanidine groups is 1. The molecule has 0 rings (SSSR count). The Hall–Kier alpha value is -2.19. The fourth-order valence-electron chi connectivity index (χ4n) is 2.31. The van der Waals surface area contributed by atoms with Crippen LogP contribution in [0.2, 0.25) is 0 Å². The first-order chi connectivity index (χ1) is 14.5. The minimum Gasteiger partial charge on any atom is -0.480 e. The minimum absolute atomic E-state index is 0.0911. The number of aliphatic carboxylic acids is 1. The molecule has 4 unspecified atom stereocenters. The molecule has 10 N–H and O–H groups in total. The van der Waals surface area contributed by atoms with E-state index in [1.54, 1.807) is 0 Å². The number of carbonyl (C=O) groups excluding carboxylic acids is 3. The lowest BCUT2D eigenvalue weighted by molar-refractivity contribution is -0.141. The van der Waals surface area contributed by atoms with E-state index in [0.29, 0.717) is 12.2 Å². The number of rotatable bonds is 15. The van der Waals surface area contributed by atoms with Crippen molar-refractivity contribution >= 4 is 54.0 Å². The zero-order chi connectivity index (χ0) is 24.0. The van der Waals surface area contributed by atoms with Crippen molar-refractivity contribution in [3.8, 4) is 0 Å². The molecule has 31 heavy (non-hydrogen) atoms. The standard InChI is InChI=1S/C17H33N7O5S2/c1-9(18)13(25)22-10(4-3-6-21-17(19)20)14(26)23-11(5-7-31-2)15(27)24-12(8-30)16(28)29/h9-12,30H,3-8,18H2,1-2H3,(H,22,25)(H,23,26)(H,24,27)(H,28,29)(H4,19,20,21). The summed E-state index contributed by atoms with van der Waals surface area (Å²) in [6, 6.07) is -4.00. The third-order valence-corrected chi connectivity index (χ3v) is 5.04. The molecule has 0 saturated heterocycles. The Kier molecular flexibility index (Phi) is 14.5. The van der Waals surface area contributed by atoms with E-state index >= 15 is 0 Å². The molecule has 14 heteroatoms. The highest BCUT2D eigenvalue weighted by atomic mass is 32.2. The van der Waals surface area contributed by atoms with Crippen LogP contribution in [0.1, 0.15) is 26.2 Å². The predicted molar refractivity (Wildman–Crippen MR) is 124 cm³/mol. The summed E-state index contributed by atoms with van der Waals surface area (Å²) >= 11 is 5.38. The van der Waals surface area contributed by atoms with Crippen molar-refractivity contribution in [2.45, 2.75) is 50.4 Å². The monoisotopic (exact) mass is 479 g/mol. The Balaban J connectivity index is 5.32. The Morgan fingerprint density at radius 3 is 1.97 bits per heavy atom. The minimum atomic E-state index is -1.24. The molecule has 0 aliphatic rings. The van der Waals surface area contributed by atoms with Crippen LogP contribution in [0.15, 0.2) is 4.99 Å². The average Bonchev–Trinajstić information content (AvgIpc) is 2.70. The number of aliphatic imine (C=N–C) groups is 1. The van der Waals surface area contributed by atoms with Gasteiger partial charge in [-0.1, -0.05) is 0 Å². The van der Waals surface area contributed by atoms with Crippen molar-refractivity contribution in [2.24, 2.45) is 22.2 Å². The average molecular weight is 480 g/mol. The number of carboxylic acid groups (broad SMARTS) is 1. The highest BCUT2D eigenvalue weighted by Gasteiger charge is 2.29. The first-order valence-corrected chi connectivity index (χ1v) is 11.6. The number of nitrogens with zero attached hydrogens (tertiary/aromatic N) is 1. The second kappa shape index (κ2) is 15.6. The Morgan fingerprint density at radius 1 is 1.00 bits per heavy atom. The molecule has 0 radical (unpaired) electrons. The van der Waals surface area contributed by atoms with E-state index in [2.05, 4.69) is 33.6 Å². The maximum absolute atomic E-state index is 12.8. The summed E-state index contributed by atoms with van der Waals surface area (Å²) in [5, 5.41) is 16.6. The number of carbonyl (C=O) groups is 4. The molecular weight excluding hydrogens is 446 g/mol. The normalized spacial score (nSPS) is 14.5.